The Labute approximate surface area is 170 Å². The minimum atomic E-state index is -0.994. The van der Waals surface area contributed by atoms with Gasteiger partial charge in [-0.2, -0.15) is 12.6 Å². The molecule has 0 aromatic heterocycles. The summed E-state index contributed by atoms with van der Waals surface area (Å²) in [5, 5.41) is 12.3. The van der Waals surface area contributed by atoms with Gasteiger partial charge in [0.05, 0.1) is 6.04 Å². The van der Waals surface area contributed by atoms with Gasteiger partial charge in [0.1, 0.15) is 18.7 Å². The fourth-order valence-corrected chi connectivity index (χ4v) is 3.47. The van der Waals surface area contributed by atoms with Crippen LogP contribution in [0, 0.1) is 0 Å². The molecule has 0 saturated carbocycles. The highest BCUT2D eigenvalue weighted by atomic mass is 32.1. The van der Waals surface area contributed by atoms with E-state index in [0.717, 1.165) is 5.56 Å². The summed E-state index contributed by atoms with van der Waals surface area (Å²) < 4.78 is 5.21. The highest BCUT2D eigenvalue weighted by molar-refractivity contribution is 7.80. The minimum absolute atomic E-state index is 0.195. The molecule has 0 bridgehead atoms. The van der Waals surface area contributed by atoms with E-state index in [9.17, 15) is 19.5 Å². The molecular weight excluding hydrogens is 380 g/mol. The first-order chi connectivity index (χ1) is 13.4. The minimum Gasteiger partial charge on any atom is -0.480 e. The topological polar surface area (TPSA) is 95.9 Å². The standard InChI is InChI=1S/C20H28N2O5S/c1-14(18(23)22-11-5-8-17(22)19(24)25)21-16(20(26)27-12-13-28)10-9-15-6-3-2-4-7-15/h2-4,6-7,14,16-17,21,28H,5,8-13H2,1H3,(H,24,25). The van der Waals surface area contributed by atoms with Crippen molar-refractivity contribution in [2.45, 2.75) is 50.7 Å². The highest BCUT2D eigenvalue weighted by Gasteiger charge is 2.36. The summed E-state index contributed by atoms with van der Waals surface area (Å²) in [5.74, 6) is -1.32. The SMILES string of the molecule is CC(NC(CCc1ccccc1)C(=O)OCCS)C(=O)N1CCCC1C(=O)O. The van der Waals surface area contributed by atoms with Crippen LogP contribution in [0.15, 0.2) is 30.3 Å². The van der Waals surface area contributed by atoms with Crippen molar-refractivity contribution in [3.05, 3.63) is 35.9 Å². The Morgan fingerprint density at radius 3 is 2.68 bits per heavy atom. The lowest BCUT2D eigenvalue weighted by Crippen LogP contribution is -2.53. The van der Waals surface area contributed by atoms with Crippen LogP contribution in [0.4, 0.5) is 0 Å². The Bertz CT molecular complexity index is 670. The van der Waals surface area contributed by atoms with E-state index < -0.39 is 30.1 Å². The van der Waals surface area contributed by atoms with E-state index in [1.807, 2.05) is 30.3 Å². The zero-order valence-corrected chi connectivity index (χ0v) is 16.9. The number of thiol groups is 1. The number of likely N-dealkylation sites (tertiary alicyclic amines) is 1. The first-order valence-electron chi connectivity index (χ1n) is 9.54. The molecular formula is C20H28N2O5S. The number of rotatable bonds is 10. The van der Waals surface area contributed by atoms with Crippen molar-refractivity contribution in [1.82, 2.24) is 10.2 Å². The number of aryl methyl sites for hydroxylation is 1. The molecule has 3 unspecified atom stereocenters. The van der Waals surface area contributed by atoms with Gasteiger partial charge >= 0.3 is 11.9 Å². The molecule has 7 nitrogen and oxygen atoms in total. The average molecular weight is 409 g/mol. The monoisotopic (exact) mass is 408 g/mol. The molecule has 3 atom stereocenters. The van der Waals surface area contributed by atoms with Gasteiger partial charge in [0.15, 0.2) is 0 Å². The molecule has 8 heteroatoms. The molecule has 1 saturated heterocycles. The molecule has 1 aliphatic rings. The van der Waals surface area contributed by atoms with Crippen LogP contribution >= 0.6 is 12.6 Å². The number of benzene rings is 1. The summed E-state index contributed by atoms with van der Waals surface area (Å²) in [5.41, 5.74) is 1.08. The van der Waals surface area contributed by atoms with E-state index in [-0.39, 0.29) is 12.5 Å². The van der Waals surface area contributed by atoms with Crippen LogP contribution in [0.2, 0.25) is 0 Å². The van der Waals surface area contributed by atoms with E-state index in [1.165, 1.54) is 4.90 Å². The molecule has 2 N–H and O–H groups in total. The van der Waals surface area contributed by atoms with Crippen molar-refractivity contribution in [2.75, 3.05) is 18.9 Å². The molecule has 1 fully saturated rings. The summed E-state index contributed by atoms with van der Waals surface area (Å²) in [7, 11) is 0. The van der Waals surface area contributed by atoms with Gasteiger partial charge in [0.2, 0.25) is 5.91 Å². The van der Waals surface area contributed by atoms with Gasteiger partial charge in [-0.3, -0.25) is 14.9 Å². The lowest BCUT2D eigenvalue weighted by atomic mass is 10.0. The van der Waals surface area contributed by atoms with Crippen LogP contribution in [0.3, 0.4) is 0 Å². The Morgan fingerprint density at radius 1 is 1.32 bits per heavy atom. The van der Waals surface area contributed by atoms with E-state index in [0.29, 0.717) is 38.0 Å². The molecule has 2 rings (SSSR count). The third kappa shape index (κ3) is 6.24. The number of carboxylic acids is 1. The van der Waals surface area contributed by atoms with Crippen molar-refractivity contribution < 1.29 is 24.2 Å². The lowest BCUT2D eigenvalue weighted by molar-refractivity contribution is -0.150. The maximum absolute atomic E-state index is 12.7. The summed E-state index contributed by atoms with van der Waals surface area (Å²) in [6, 6.07) is 7.60. The molecule has 28 heavy (non-hydrogen) atoms. The maximum Gasteiger partial charge on any atom is 0.326 e. The molecule has 0 spiro atoms. The van der Waals surface area contributed by atoms with E-state index in [2.05, 4.69) is 17.9 Å². The lowest BCUT2D eigenvalue weighted by Gasteiger charge is -2.27. The molecule has 0 aliphatic carbocycles. The van der Waals surface area contributed by atoms with Crippen molar-refractivity contribution in [3.8, 4) is 0 Å². The third-order valence-electron chi connectivity index (χ3n) is 4.83. The van der Waals surface area contributed by atoms with Gasteiger partial charge in [-0.1, -0.05) is 30.3 Å². The van der Waals surface area contributed by atoms with Gasteiger partial charge in [0.25, 0.3) is 0 Å². The van der Waals surface area contributed by atoms with Crippen LogP contribution in [-0.4, -0.2) is 64.9 Å². The zero-order chi connectivity index (χ0) is 20.5. The van der Waals surface area contributed by atoms with Crippen molar-refractivity contribution in [1.29, 1.82) is 0 Å². The zero-order valence-electron chi connectivity index (χ0n) is 16.0. The number of aliphatic carboxylic acids is 1. The number of carboxylic acid groups (broad SMARTS) is 1. The number of esters is 1. The second kappa shape index (κ2) is 11.1. The van der Waals surface area contributed by atoms with Crippen molar-refractivity contribution >= 4 is 30.5 Å². The number of nitrogens with zero attached hydrogens (tertiary/aromatic N) is 1. The summed E-state index contributed by atoms with van der Waals surface area (Å²) in [6.07, 6.45) is 2.23. The van der Waals surface area contributed by atoms with Gasteiger partial charge in [0, 0.05) is 12.3 Å². The van der Waals surface area contributed by atoms with Gasteiger partial charge in [-0.15, -0.1) is 0 Å². The van der Waals surface area contributed by atoms with Gasteiger partial charge < -0.3 is 14.7 Å². The number of hydrogen-bond acceptors (Lipinski definition) is 6. The predicted octanol–water partition coefficient (Wildman–Crippen LogP) is 1.51. The number of carbonyl (C=O) groups is 3. The normalized spacial score (nSPS) is 18.5. The Balaban J connectivity index is 2.01. The fraction of sp³-hybridized carbons (Fsp3) is 0.550. The van der Waals surface area contributed by atoms with E-state index >= 15 is 0 Å². The summed E-state index contributed by atoms with van der Waals surface area (Å²) >= 11 is 4.05. The quantitative estimate of drug-likeness (QED) is 0.401. The molecule has 1 aromatic rings. The molecule has 1 amide bonds. The smallest absolute Gasteiger partial charge is 0.326 e. The van der Waals surface area contributed by atoms with Gasteiger partial charge in [-0.25, -0.2) is 4.79 Å². The average Bonchev–Trinajstić information content (AvgIpc) is 3.19. The van der Waals surface area contributed by atoms with E-state index in [4.69, 9.17) is 4.74 Å². The number of amides is 1. The van der Waals surface area contributed by atoms with Crippen LogP contribution < -0.4 is 5.32 Å². The molecule has 1 aliphatic heterocycles. The van der Waals surface area contributed by atoms with Crippen molar-refractivity contribution in [2.24, 2.45) is 0 Å². The number of ether oxygens (including phenoxy) is 1. The predicted molar refractivity (Wildman–Crippen MR) is 108 cm³/mol. The molecule has 1 heterocycles. The van der Waals surface area contributed by atoms with Crippen LogP contribution in [0.25, 0.3) is 0 Å². The number of carbonyl (C=O) groups excluding carboxylic acids is 2. The van der Waals surface area contributed by atoms with Gasteiger partial charge in [-0.05, 0) is 38.2 Å². The van der Waals surface area contributed by atoms with Crippen LogP contribution in [0.5, 0.6) is 0 Å². The largest absolute Gasteiger partial charge is 0.480 e. The van der Waals surface area contributed by atoms with Crippen LogP contribution in [-0.2, 0) is 25.5 Å². The summed E-state index contributed by atoms with van der Waals surface area (Å²) in [6.45, 7) is 2.27. The fourth-order valence-electron chi connectivity index (χ4n) is 3.38. The molecule has 154 valence electrons. The van der Waals surface area contributed by atoms with E-state index in [1.54, 1.807) is 6.92 Å². The number of hydrogen-bond donors (Lipinski definition) is 3. The second-order valence-electron chi connectivity index (χ2n) is 6.88. The molecule has 1 aromatic carbocycles. The first kappa shape index (κ1) is 22.2. The van der Waals surface area contributed by atoms with Crippen LogP contribution in [0.1, 0.15) is 31.7 Å². The number of nitrogens with one attached hydrogen (secondary N) is 1. The second-order valence-corrected chi connectivity index (χ2v) is 7.33. The maximum atomic E-state index is 12.7. The highest BCUT2D eigenvalue weighted by Crippen LogP contribution is 2.19. The third-order valence-corrected chi connectivity index (χ3v) is 5.01. The van der Waals surface area contributed by atoms with Crippen molar-refractivity contribution in [3.63, 3.8) is 0 Å². The first-order valence-corrected chi connectivity index (χ1v) is 10.2. The Kier molecular flexibility index (Phi) is 8.79. The Hall–Kier alpha value is -2.06. The molecule has 0 radical (unpaired) electrons. The summed E-state index contributed by atoms with van der Waals surface area (Å²) in [4.78, 5) is 37.9. The Morgan fingerprint density at radius 2 is 2.04 bits per heavy atom.